The number of nitrogens with two attached hydrogens (primary N) is 1. The second-order valence-electron chi connectivity index (χ2n) is 6.19. The number of unbranched alkanes of at least 4 members (excludes halogenated alkanes) is 1. The molecule has 0 saturated heterocycles. The van der Waals surface area contributed by atoms with Crippen molar-refractivity contribution in [2.24, 2.45) is 5.73 Å². The van der Waals surface area contributed by atoms with E-state index in [4.69, 9.17) is 10.3 Å². The van der Waals surface area contributed by atoms with E-state index in [-0.39, 0.29) is 0 Å². The molecule has 3 N–H and O–H groups in total. The second kappa shape index (κ2) is 10.9. The van der Waals surface area contributed by atoms with Gasteiger partial charge in [0.1, 0.15) is 0 Å². The third-order valence-electron chi connectivity index (χ3n) is 3.62. The Kier molecular flexibility index (Phi) is 11.2. The normalized spacial score (nSPS) is 15.5. The average molecular weight is 545 g/mol. The molecule has 33 heavy (non-hydrogen) atoms. The van der Waals surface area contributed by atoms with Gasteiger partial charge >= 0.3 is 45.2 Å². The fourth-order valence-corrected chi connectivity index (χ4v) is 2.23. The lowest BCUT2D eigenvalue weighted by Gasteiger charge is -2.39. The van der Waals surface area contributed by atoms with Crippen molar-refractivity contribution in [2.45, 2.75) is 67.0 Å². The highest BCUT2D eigenvalue weighted by molar-refractivity contribution is 7.87. The smallest absolute Gasteiger partial charge is 0.327 e. The third kappa shape index (κ3) is 7.30. The molecule has 0 aromatic rings. The van der Waals surface area contributed by atoms with Gasteiger partial charge < -0.3 is 5.73 Å². The lowest BCUT2D eigenvalue weighted by Crippen LogP contribution is -2.70. The van der Waals surface area contributed by atoms with Crippen LogP contribution in [0.2, 0.25) is 0 Å². The van der Waals surface area contributed by atoms with E-state index < -0.39 is 77.1 Å². The minimum Gasteiger partial charge on any atom is -0.327 e. The minimum atomic E-state index is -7.95. The van der Waals surface area contributed by atoms with E-state index in [9.17, 15) is 69.9 Å². The summed E-state index contributed by atoms with van der Waals surface area (Å²) in [5.41, 5.74) is 4.91. The largest absolute Gasteiger partial charge is 0.438 e. The molecule has 0 fully saturated rings. The maximum Gasteiger partial charge on any atom is 0.438 e. The standard InChI is InChI=1S/C11H10F14O3S.C3H7N/c12-5(3-1-2-4-6(13,14)15)7(16,17)8(18,19)9(20,21)10(22,23)11(24,25)29(26,27)28;1-2-3-4/h5H,1-4H2,(H,26,27,28);2H,1,3-4H2. The van der Waals surface area contributed by atoms with Crippen LogP contribution in [-0.4, -0.2) is 60.8 Å². The summed E-state index contributed by atoms with van der Waals surface area (Å²) in [6, 6.07) is 0. The molecule has 1 unspecified atom stereocenters. The van der Waals surface area contributed by atoms with E-state index in [1.165, 1.54) is 0 Å². The van der Waals surface area contributed by atoms with Crippen LogP contribution in [0.5, 0.6) is 0 Å². The van der Waals surface area contributed by atoms with Gasteiger partial charge in [-0.3, -0.25) is 4.55 Å². The summed E-state index contributed by atoms with van der Waals surface area (Å²) in [7, 11) is -7.54. The highest BCUT2D eigenvalue weighted by atomic mass is 32.2. The van der Waals surface area contributed by atoms with Gasteiger partial charge in [-0.2, -0.15) is 65.5 Å². The molecule has 0 aliphatic heterocycles. The summed E-state index contributed by atoms with van der Waals surface area (Å²) in [6.45, 7) is 3.94. The summed E-state index contributed by atoms with van der Waals surface area (Å²) < 4.78 is 209. The molecule has 0 heterocycles. The Morgan fingerprint density at radius 3 is 1.52 bits per heavy atom. The number of alkyl halides is 14. The van der Waals surface area contributed by atoms with Gasteiger partial charge in [-0.15, -0.1) is 6.58 Å². The molecule has 0 radical (unpaired) electrons. The van der Waals surface area contributed by atoms with Crippen LogP contribution >= 0.6 is 0 Å². The summed E-state index contributed by atoms with van der Waals surface area (Å²) in [4.78, 5) is 0. The molecule has 0 amide bonds. The van der Waals surface area contributed by atoms with Crippen LogP contribution in [0.15, 0.2) is 12.7 Å². The van der Waals surface area contributed by atoms with Crippen LogP contribution in [0.3, 0.4) is 0 Å². The first-order valence-corrected chi connectivity index (χ1v) is 9.61. The summed E-state index contributed by atoms with van der Waals surface area (Å²) >= 11 is 0. The van der Waals surface area contributed by atoms with Gasteiger partial charge in [-0.05, 0) is 19.3 Å². The van der Waals surface area contributed by atoms with Crippen LogP contribution in [0.1, 0.15) is 25.7 Å². The topological polar surface area (TPSA) is 80.4 Å². The second-order valence-corrected chi connectivity index (χ2v) is 7.65. The maximum absolute atomic E-state index is 13.3. The molecule has 1 atom stereocenters. The van der Waals surface area contributed by atoms with Gasteiger partial charge in [0, 0.05) is 13.0 Å². The zero-order valence-electron chi connectivity index (χ0n) is 15.9. The van der Waals surface area contributed by atoms with Crippen LogP contribution in [-0.2, 0) is 10.1 Å². The molecule has 0 rings (SSSR count). The minimum absolute atomic E-state index is 0.583. The predicted octanol–water partition coefficient (Wildman–Crippen LogP) is 5.60. The van der Waals surface area contributed by atoms with Crippen molar-refractivity contribution in [3.05, 3.63) is 12.7 Å². The van der Waals surface area contributed by atoms with Gasteiger partial charge in [-0.1, -0.05) is 6.08 Å². The van der Waals surface area contributed by atoms with Crippen molar-refractivity contribution in [3.8, 4) is 0 Å². The number of hydrogen-bond acceptors (Lipinski definition) is 3. The van der Waals surface area contributed by atoms with Crippen LogP contribution in [0.4, 0.5) is 61.5 Å². The van der Waals surface area contributed by atoms with Crippen molar-refractivity contribution >= 4 is 10.1 Å². The zero-order valence-corrected chi connectivity index (χ0v) is 16.8. The lowest BCUT2D eigenvalue weighted by atomic mass is 9.93. The molecule has 4 nitrogen and oxygen atoms in total. The Labute approximate surface area is 177 Å². The van der Waals surface area contributed by atoms with Gasteiger partial charge in [0.2, 0.25) is 0 Å². The first-order chi connectivity index (χ1) is 14.3. The molecule has 0 saturated carbocycles. The van der Waals surface area contributed by atoms with Crippen molar-refractivity contribution in [3.63, 3.8) is 0 Å². The monoisotopic (exact) mass is 545 g/mol. The molecule has 0 aliphatic carbocycles. The van der Waals surface area contributed by atoms with E-state index in [0.717, 1.165) is 0 Å². The molecule has 0 bridgehead atoms. The number of rotatable bonds is 11. The molecule has 19 heteroatoms. The zero-order chi connectivity index (χ0) is 27.3. The van der Waals surface area contributed by atoms with E-state index in [0.29, 0.717) is 6.54 Å². The highest BCUT2D eigenvalue weighted by Gasteiger charge is 2.89. The Balaban J connectivity index is 0. The van der Waals surface area contributed by atoms with Gasteiger partial charge in [0.15, 0.2) is 6.17 Å². The Morgan fingerprint density at radius 1 is 0.818 bits per heavy atom. The summed E-state index contributed by atoms with van der Waals surface area (Å²) in [5.74, 6) is -30.3. The van der Waals surface area contributed by atoms with Gasteiger partial charge in [0.25, 0.3) is 0 Å². The first kappa shape index (κ1) is 33.8. The molecule has 0 aromatic carbocycles. The predicted molar refractivity (Wildman–Crippen MR) is 85.0 cm³/mol. The van der Waals surface area contributed by atoms with Gasteiger partial charge in [-0.25, -0.2) is 4.39 Å². The average Bonchev–Trinajstić information content (AvgIpc) is 2.62. The SMILES string of the molecule is C=CCN.O=S(=O)(O)C(F)(F)C(F)(F)C(F)(F)C(F)(F)C(F)(F)C(F)CCCCC(F)(F)F. The third-order valence-corrected chi connectivity index (χ3v) is 4.53. The Hall–Kier alpha value is -1.37. The van der Waals surface area contributed by atoms with Gasteiger partial charge in [0.05, 0.1) is 0 Å². The summed E-state index contributed by atoms with van der Waals surface area (Å²) in [5, 5.41) is -7.40. The number of halogens is 14. The first-order valence-electron chi connectivity index (χ1n) is 8.17. The molecule has 0 aliphatic rings. The van der Waals surface area contributed by atoms with E-state index in [1.54, 1.807) is 6.08 Å². The van der Waals surface area contributed by atoms with E-state index in [2.05, 4.69) is 6.58 Å². The fourth-order valence-electron chi connectivity index (χ4n) is 1.78. The quantitative estimate of drug-likeness (QED) is 0.153. The lowest BCUT2D eigenvalue weighted by molar-refractivity contribution is -0.397. The molecule has 200 valence electrons. The molecular formula is C14H17F14NO3S. The summed E-state index contributed by atoms with van der Waals surface area (Å²) in [6.07, 6.45) is -13.9. The van der Waals surface area contributed by atoms with Crippen LogP contribution in [0, 0.1) is 0 Å². The molecular weight excluding hydrogens is 528 g/mol. The Morgan fingerprint density at radius 2 is 1.21 bits per heavy atom. The van der Waals surface area contributed by atoms with Crippen LogP contribution < -0.4 is 5.73 Å². The van der Waals surface area contributed by atoms with Crippen molar-refractivity contribution in [1.82, 2.24) is 0 Å². The highest BCUT2D eigenvalue weighted by Crippen LogP contribution is 2.59. The van der Waals surface area contributed by atoms with Crippen molar-refractivity contribution in [2.75, 3.05) is 6.54 Å². The van der Waals surface area contributed by atoms with E-state index in [1.807, 2.05) is 0 Å². The van der Waals surface area contributed by atoms with Crippen molar-refractivity contribution in [1.29, 1.82) is 0 Å². The van der Waals surface area contributed by atoms with Crippen LogP contribution in [0.25, 0.3) is 0 Å². The Bertz CT molecular complexity index is 736. The fraction of sp³-hybridized carbons (Fsp3) is 0.857. The maximum atomic E-state index is 13.3. The molecule has 0 aromatic heterocycles. The molecule has 0 spiro atoms. The van der Waals surface area contributed by atoms with E-state index >= 15 is 0 Å². The number of hydrogen-bond donors (Lipinski definition) is 2. The van der Waals surface area contributed by atoms with Crippen molar-refractivity contribution < 1.29 is 74.4 Å².